The molecule has 76 heavy (non-hydrogen) atoms. The third kappa shape index (κ3) is 15.4. The Morgan fingerprint density at radius 2 is 1.25 bits per heavy atom. The Hall–Kier alpha value is -5.05. The van der Waals surface area contributed by atoms with Crippen molar-refractivity contribution in [1.29, 1.82) is 0 Å². The number of rotatable bonds is 19. The zero-order chi connectivity index (χ0) is 52.9. The number of alkyl halides is 6. The number of carbonyl (C=O) groups excluding carboxylic acids is 1. The average Bonchev–Trinajstić information content (AvgIpc) is 3.47. The first-order chi connectivity index (χ1) is 36.8. The number of halogens is 6. The van der Waals surface area contributed by atoms with E-state index in [-0.39, 0.29) is 38.6 Å². The number of carbonyl (C=O) groups is 1. The largest absolute Gasteiger partial charge is 0.445 e. The third-order valence-corrected chi connectivity index (χ3v) is 14.1. The first kappa shape index (κ1) is 55.7. The molecule has 1 N–H and O–H groups in total. The van der Waals surface area contributed by atoms with Gasteiger partial charge in [-0.3, -0.25) is 4.99 Å². The number of nitrogens with one attached hydrogen (secondary N) is 1. The summed E-state index contributed by atoms with van der Waals surface area (Å²) in [4.78, 5) is 19.7. The Morgan fingerprint density at radius 1 is 0.684 bits per heavy atom. The number of hydrogen-bond donors (Lipinski definition) is 1. The normalized spacial score (nSPS) is 25.9. The van der Waals surface area contributed by atoms with E-state index in [0.29, 0.717) is 5.56 Å². The summed E-state index contributed by atoms with van der Waals surface area (Å²) < 4.78 is 102. The first-order valence-corrected chi connectivity index (χ1v) is 26.5. The van der Waals surface area contributed by atoms with Crippen LogP contribution in [0.4, 0.5) is 18.0 Å². The number of hydrogen-bond acceptors (Lipinski definition) is 12. The summed E-state index contributed by atoms with van der Waals surface area (Å²) in [7, 11) is 0. The van der Waals surface area contributed by atoms with Crippen LogP contribution in [-0.2, 0) is 68.6 Å². The number of alkyl carbamates (subject to hydrolysis) is 1. The summed E-state index contributed by atoms with van der Waals surface area (Å²) in [6, 6.07) is 49.7. The lowest BCUT2D eigenvalue weighted by Crippen LogP contribution is -2.68. The van der Waals surface area contributed by atoms with Gasteiger partial charge < -0.3 is 47.9 Å². The molecule has 19 heteroatoms. The Labute approximate surface area is 458 Å². The SMILES string of the molecule is O=C(N[C@@H]1[C@@H](O[C@H]2O[C@H](COCc3ccccc3)[C@@H](OCc3ccccc3)[C@H](OCc3ccccc3)[C@H]2N=Cc2ccccc2C(F)(F)F)[C@@H]2O[C@H](c3ccccc3)OC[C@H]2O[C@H]1Sc1ccccc1)OCC(Cl)(Cl)Cl. The number of ether oxygens (including phenoxy) is 9. The van der Waals surface area contributed by atoms with Crippen LogP contribution in [0.25, 0.3) is 0 Å². The number of nitrogens with zero attached hydrogens (tertiary/aromatic N) is 1. The maximum absolute atomic E-state index is 14.7. The van der Waals surface area contributed by atoms with Crippen LogP contribution in [0.5, 0.6) is 0 Å². The van der Waals surface area contributed by atoms with Crippen molar-refractivity contribution in [2.24, 2.45) is 4.99 Å². The monoisotopic (exact) mass is 1120 g/mol. The van der Waals surface area contributed by atoms with Gasteiger partial charge in [-0.25, -0.2) is 4.79 Å². The summed E-state index contributed by atoms with van der Waals surface area (Å²) in [6.07, 6.45) is -13.1. The zero-order valence-corrected chi connectivity index (χ0v) is 43.7. The minimum Gasteiger partial charge on any atom is -0.445 e. The van der Waals surface area contributed by atoms with Gasteiger partial charge in [0.25, 0.3) is 0 Å². The number of amides is 1. The zero-order valence-electron chi connectivity index (χ0n) is 40.6. The summed E-state index contributed by atoms with van der Waals surface area (Å²) >= 11 is 19.4. The Balaban J connectivity index is 1.17. The fraction of sp³-hybridized carbons (Fsp3) is 0.333. The molecule has 3 fully saturated rings. The van der Waals surface area contributed by atoms with Crippen molar-refractivity contribution in [3.63, 3.8) is 0 Å². The van der Waals surface area contributed by atoms with Crippen molar-refractivity contribution in [3.8, 4) is 0 Å². The predicted octanol–water partition coefficient (Wildman–Crippen LogP) is 12.1. The molecule has 9 rings (SSSR count). The topological polar surface area (TPSA) is 125 Å². The molecule has 3 aliphatic heterocycles. The number of aliphatic imine (C=N–C) groups is 1. The molecule has 400 valence electrons. The van der Waals surface area contributed by atoms with Crippen LogP contribution in [0.2, 0.25) is 0 Å². The van der Waals surface area contributed by atoms with E-state index in [1.165, 1.54) is 30.0 Å². The Kier molecular flexibility index (Phi) is 19.4. The Bertz CT molecular complexity index is 2760. The van der Waals surface area contributed by atoms with Crippen LogP contribution >= 0.6 is 46.6 Å². The van der Waals surface area contributed by atoms with Gasteiger partial charge in [-0.05, 0) is 34.9 Å². The minimum absolute atomic E-state index is 0.0237. The Morgan fingerprint density at radius 3 is 1.87 bits per heavy atom. The van der Waals surface area contributed by atoms with Crippen molar-refractivity contribution in [1.82, 2.24) is 5.32 Å². The molecule has 0 saturated carbocycles. The van der Waals surface area contributed by atoms with E-state index in [1.54, 1.807) is 0 Å². The minimum atomic E-state index is -4.73. The van der Waals surface area contributed by atoms with Crippen LogP contribution < -0.4 is 5.32 Å². The average molecular weight is 1120 g/mol. The quantitative estimate of drug-likeness (QED) is 0.0616. The molecule has 1 amide bonds. The van der Waals surface area contributed by atoms with Crippen LogP contribution in [0.3, 0.4) is 0 Å². The highest BCUT2D eigenvalue weighted by atomic mass is 35.6. The van der Waals surface area contributed by atoms with Gasteiger partial charge >= 0.3 is 12.3 Å². The van der Waals surface area contributed by atoms with Gasteiger partial charge in [0.15, 0.2) is 12.6 Å². The van der Waals surface area contributed by atoms with E-state index in [4.69, 9.17) is 82.4 Å². The van der Waals surface area contributed by atoms with E-state index in [9.17, 15) is 18.0 Å². The van der Waals surface area contributed by atoms with Gasteiger partial charge in [0.2, 0.25) is 3.79 Å². The van der Waals surface area contributed by atoms with E-state index in [2.05, 4.69) is 5.32 Å². The van der Waals surface area contributed by atoms with Crippen molar-refractivity contribution < 1.29 is 60.6 Å². The number of benzene rings is 6. The van der Waals surface area contributed by atoms with Gasteiger partial charge in [0.05, 0.1) is 44.6 Å². The van der Waals surface area contributed by atoms with Crippen LogP contribution in [0.1, 0.15) is 39.7 Å². The smallest absolute Gasteiger partial charge is 0.417 e. The molecule has 12 nitrogen and oxygen atoms in total. The van der Waals surface area contributed by atoms with Crippen molar-refractivity contribution >= 4 is 58.9 Å². The fourth-order valence-electron chi connectivity index (χ4n) is 9.00. The lowest BCUT2D eigenvalue weighted by molar-refractivity contribution is -0.347. The molecule has 3 aliphatic rings. The maximum Gasteiger partial charge on any atom is 0.417 e. The molecule has 6 aromatic rings. The molecule has 3 heterocycles. The molecule has 0 unspecified atom stereocenters. The second kappa shape index (κ2) is 26.5. The van der Waals surface area contributed by atoms with E-state index in [0.717, 1.165) is 33.9 Å². The van der Waals surface area contributed by atoms with Gasteiger partial charge in [0.1, 0.15) is 54.7 Å². The summed E-state index contributed by atoms with van der Waals surface area (Å²) in [6.45, 7) is -0.332. The standard InChI is InChI=1S/C57H54Cl3F3N2O10S/c58-56(59,60)36-71-55(66)65-47-51(49-45(73-54(47)76-42-27-14-5-15-28-42)35-70-52(74-49)40-24-12-4-13-25-40)75-53-46(64-30-41-26-16-17-29-43(41)57(61,62)63)50(69-33-39-22-10-3-11-23-39)48(68-32-38-20-8-2-9-21-38)44(72-53)34-67-31-37-18-6-1-7-19-37/h1-30,44-54H,31-36H2,(H,65,66)/t44-,45-,46-,47-,48-,49-,50-,51-,52-,53-,54+/m1/s1. The van der Waals surface area contributed by atoms with Gasteiger partial charge in [-0.2, -0.15) is 13.2 Å². The number of fused-ring (bicyclic) bond motifs is 1. The summed E-state index contributed by atoms with van der Waals surface area (Å²) in [5.74, 6) is 0. The van der Waals surface area contributed by atoms with Crippen molar-refractivity contribution in [3.05, 3.63) is 209 Å². The summed E-state index contributed by atoms with van der Waals surface area (Å²) in [5.41, 5.74) is 1.15. The highest BCUT2D eigenvalue weighted by Gasteiger charge is 2.56. The molecule has 0 aromatic heterocycles. The fourth-order valence-corrected chi connectivity index (χ4v) is 10.3. The molecular weight excluding hydrogens is 1070 g/mol. The van der Waals surface area contributed by atoms with Crippen LogP contribution in [-0.4, -0.2) is 96.4 Å². The van der Waals surface area contributed by atoms with Gasteiger partial charge in [-0.15, -0.1) is 0 Å². The van der Waals surface area contributed by atoms with Crippen LogP contribution in [0.15, 0.2) is 186 Å². The lowest BCUT2D eigenvalue weighted by atomic mass is 9.94. The van der Waals surface area contributed by atoms with Gasteiger partial charge in [0, 0.05) is 22.2 Å². The van der Waals surface area contributed by atoms with Crippen molar-refractivity contribution in [2.45, 2.75) is 101 Å². The second-order valence-electron chi connectivity index (χ2n) is 18.0. The van der Waals surface area contributed by atoms with Crippen LogP contribution in [0, 0.1) is 0 Å². The molecule has 0 radical (unpaired) electrons. The predicted molar refractivity (Wildman–Crippen MR) is 282 cm³/mol. The lowest BCUT2D eigenvalue weighted by Gasteiger charge is -2.51. The second-order valence-corrected chi connectivity index (χ2v) is 21.7. The molecular formula is C57H54Cl3F3N2O10S. The number of thioether (sulfide) groups is 1. The third-order valence-electron chi connectivity index (χ3n) is 12.6. The first-order valence-electron chi connectivity index (χ1n) is 24.5. The van der Waals surface area contributed by atoms with Crippen molar-refractivity contribution in [2.75, 3.05) is 19.8 Å². The summed E-state index contributed by atoms with van der Waals surface area (Å²) in [5, 5.41) is 2.93. The highest BCUT2D eigenvalue weighted by molar-refractivity contribution is 7.99. The van der Waals surface area contributed by atoms with Gasteiger partial charge in [-0.1, -0.05) is 204 Å². The molecule has 0 aliphatic carbocycles. The molecule has 0 spiro atoms. The molecule has 3 saturated heterocycles. The maximum atomic E-state index is 14.7. The molecule has 6 aromatic carbocycles. The van der Waals surface area contributed by atoms with E-state index < -0.39 is 95.0 Å². The van der Waals surface area contributed by atoms with E-state index in [1.807, 2.05) is 152 Å². The molecule has 11 atom stereocenters. The molecule has 0 bridgehead atoms. The van der Waals surface area contributed by atoms with E-state index >= 15 is 0 Å². The highest BCUT2D eigenvalue weighted by Crippen LogP contribution is 2.43.